The van der Waals surface area contributed by atoms with Crippen LogP contribution in [0.5, 0.6) is 0 Å². The maximum atomic E-state index is 2.51. The van der Waals surface area contributed by atoms with E-state index in [9.17, 15) is 0 Å². The number of anilines is 1. The van der Waals surface area contributed by atoms with Crippen LogP contribution in [-0.4, -0.2) is 24.6 Å². The Morgan fingerprint density at radius 2 is 1.81 bits per heavy atom. The van der Waals surface area contributed by atoms with E-state index in [1.54, 1.807) is 0 Å². The van der Waals surface area contributed by atoms with Crippen LogP contribution in [0, 0.1) is 0 Å². The molecule has 0 unspecified atom stereocenters. The van der Waals surface area contributed by atoms with Crippen LogP contribution in [0.15, 0.2) is 24.3 Å². The minimum Gasteiger partial charge on any atom is -0.370 e. The van der Waals surface area contributed by atoms with E-state index in [1.165, 1.54) is 35.8 Å². The molecule has 0 spiro atoms. The van der Waals surface area contributed by atoms with E-state index in [4.69, 9.17) is 0 Å². The second-order valence-corrected chi connectivity index (χ2v) is 6.62. The molecule has 0 amide bonds. The van der Waals surface area contributed by atoms with Crippen LogP contribution in [0.1, 0.15) is 26.3 Å². The molecule has 0 aliphatic carbocycles. The summed E-state index contributed by atoms with van der Waals surface area (Å²) >= 11 is 2.06. The van der Waals surface area contributed by atoms with Crippen LogP contribution in [-0.2, 0) is 5.41 Å². The molecule has 1 saturated heterocycles. The zero-order valence-corrected chi connectivity index (χ0v) is 11.3. The predicted octanol–water partition coefficient (Wildman–Crippen LogP) is 3.54. The van der Waals surface area contributed by atoms with Crippen LogP contribution in [0.25, 0.3) is 0 Å². The lowest BCUT2D eigenvalue weighted by Crippen LogP contribution is -2.32. The summed E-state index contributed by atoms with van der Waals surface area (Å²) in [7, 11) is 0. The highest BCUT2D eigenvalue weighted by molar-refractivity contribution is 7.99. The molecule has 0 saturated carbocycles. The number of rotatable bonds is 1. The van der Waals surface area contributed by atoms with E-state index < -0.39 is 0 Å². The molecule has 1 heterocycles. The molecule has 0 atom stereocenters. The van der Waals surface area contributed by atoms with E-state index in [0.29, 0.717) is 0 Å². The van der Waals surface area contributed by atoms with E-state index in [0.717, 1.165) is 0 Å². The van der Waals surface area contributed by atoms with Crippen molar-refractivity contribution in [1.29, 1.82) is 0 Å². The first kappa shape index (κ1) is 11.8. The first-order valence-corrected chi connectivity index (χ1v) is 7.16. The van der Waals surface area contributed by atoms with Crippen LogP contribution in [0.2, 0.25) is 0 Å². The summed E-state index contributed by atoms with van der Waals surface area (Å²) in [5.41, 5.74) is 3.08. The van der Waals surface area contributed by atoms with Crippen molar-refractivity contribution >= 4 is 17.4 Å². The zero-order chi connectivity index (χ0) is 11.6. The second kappa shape index (κ2) is 4.70. The fourth-order valence-corrected chi connectivity index (χ4v) is 2.89. The van der Waals surface area contributed by atoms with Crippen molar-refractivity contribution in [2.24, 2.45) is 0 Å². The molecular weight excluding hydrogens is 214 g/mol. The Balaban J connectivity index is 2.21. The third-order valence-electron chi connectivity index (χ3n) is 3.09. The van der Waals surface area contributed by atoms with Crippen LogP contribution in [0.3, 0.4) is 0 Å². The Labute approximate surface area is 103 Å². The number of hydrogen-bond acceptors (Lipinski definition) is 2. The third-order valence-corrected chi connectivity index (χ3v) is 4.03. The third kappa shape index (κ3) is 2.73. The van der Waals surface area contributed by atoms with Crippen LogP contribution in [0.4, 0.5) is 5.69 Å². The van der Waals surface area contributed by atoms with Gasteiger partial charge in [0.25, 0.3) is 0 Å². The Hall–Kier alpha value is -0.630. The molecule has 0 N–H and O–H groups in total. The summed E-state index contributed by atoms with van der Waals surface area (Å²) in [5, 5.41) is 0. The van der Waals surface area contributed by atoms with Gasteiger partial charge in [0.15, 0.2) is 0 Å². The quantitative estimate of drug-likeness (QED) is 0.732. The number of nitrogens with zero attached hydrogens (tertiary/aromatic N) is 1. The van der Waals surface area contributed by atoms with Crippen LogP contribution < -0.4 is 4.90 Å². The minimum atomic E-state index is 0.251. The highest BCUT2D eigenvalue weighted by atomic mass is 32.2. The Morgan fingerprint density at radius 1 is 1.12 bits per heavy atom. The van der Waals surface area contributed by atoms with Gasteiger partial charge < -0.3 is 4.90 Å². The molecule has 0 radical (unpaired) electrons. The molecule has 2 heteroatoms. The molecule has 1 aromatic carbocycles. The molecule has 1 aromatic rings. The Kier molecular flexibility index (Phi) is 3.48. The van der Waals surface area contributed by atoms with Crippen LogP contribution >= 0.6 is 11.8 Å². The van der Waals surface area contributed by atoms with E-state index in [1.807, 2.05) is 0 Å². The molecule has 0 aromatic heterocycles. The standard InChI is InChI=1S/C14H21NS/c1-14(2,3)12-5-4-6-13(11-12)15-7-9-16-10-8-15/h4-6,11H,7-10H2,1-3H3. The van der Waals surface area contributed by atoms with E-state index in [-0.39, 0.29) is 5.41 Å². The molecular formula is C14H21NS. The topological polar surface area (TPSA) is 3.24 Å². The fraction of sp³-hybridized carbons (Fsp3) is 0.571. The SMILES string of the molecule is CC(C)(C)c1cccc(N2CCSCC2)c1. The number of thioether (sulfide) groups is 1. The smallest absolute Gasteiger partial charge is 0.0369 e. The number of hydrogen-bond donors (Lipinski definition) is 0. The molecule has 88 valence electrons. The van der Waals surface area contributed by atoms with E-state index >= 15 is 0 Å². The van der Waals surface area contributed by atoms with Crippen molar-refractivity contribution in [3.8, 4) is 0 Å². The maximum absolute atomic E-state index is 2.51. The van der Waals surface area contributed by atoms with Gasteiger partial charge in [0.05, 0.1) is 0 Å². The van der Waals surface area contributed by atoms with Gasteiger partial charge >= 0.3 is 0 Å². The first-order chi connectivity index (χ1) is 7.57. The second-order valence-electron chi connectivity index (χ2n) is 5.40. The normalized spacial score (nSPS) is 17.6. The van der Waals surface area contributed by atoms with Gasteiger partial charge in [-0.15, -0.1) is 0 Å². The maximum Gasteiger partial charge on any atom is 0.0369 e. The van der Waals surface area contributed by atoms with Gasteiger partial charge in [-0.25, -0.2) is 0 Å². The summed E-state index contributed by atoms with van der Waals surface area (Å²) in [5.74, 6) is 2.53. The minimum absolute atomic E-state index is 0.251. The van der Waals surface area contributed by atoms with Gasteiger partial charge in [-0.1, -0.05) is 32.9 Å². The molecule has 16 heavy (non-hydrogen) atoms. The molecule has 0 bridgehead atoms. The lowest BCUT2D eigenvalue weighted by atomic mass is 9.87. The van der Waals surface area contributed by atoms with Gasteiger partial charge in [-0.2, -0.15) is 11.8 Å². The van der Waals surface area contributed by atoms with Crippen molar-refractivity contribution in [2.75, 3.05) is 29.5 Å². The zero-order valence-electron chi connectivity index (χ0n) is 10.5. The Bertz CT molecular complexity index is 348. The van der Waals surface area contributed by atoms with Crippen molar-refractivity contribution in [3.63, 3.8) is 0 Å². The highest BCUT2D eigenvalue weighted by Gasteiger charge is 2.16. The van der Waals surface area contributed by atoms with Gasteiger partial charge in [-0.05, 0) is 23.1 Å². The first-order valence-electron chi connectivity index (χ1n) is 6.00. The lowest BCUT2D eigenvalue weighted by Gasteiger charge is -2.30. The van der Waals surface area contributed by atoms with Crippen molar-refractivity contribution < 1.29 is 0 Å². The summed E-state index contributed by atoms with van der Waals surface area (Å²) in [6.07, 6.45) is 0. The predicted molar refractivity (Wildman–Crippen MR) is 74.7 cm³/mol. The molecule has 1 aliphatic heterocycles. The summed E-state index contributed by atoms with van der Waals surface area (Å²) in [6, 6.07) is 9.03. The van der Waals surface area contributed by atoms with Crippen molar-refractivity contribution in [2.45, 2.75) is 26.2 Å². The van der Waals surface area contributed by atoms with Crippen molar-refractivity contribution in [1.82, 2.24) is 0 Å². The summed E-state index contributed by atoms with van der Waals surface area (Å²) < 4.78 is 0. The van der Waals surface area contributed by atoms with Gasteiger partial charge in [-0.3, -0.25) is 0 Å². The summed E-state index contributed by atoms with van der Waals surface area (Å²) in [6.45, 7) is 9.21. The largest absolute Gasteiger partial charge is 0.370 e. The summed E-state index contributed by atoms with van der Waals surface area (Å²) in [4.78, 5) is 2.51. The van der Waals surface area contributed by atoms with Crippen molar-refractivity contribution in [3.05, 3.63) is 29.8 Å². The monoisotopic (exact) mass is 235 g/mol. The molecule has 1 fully saturated rings. The molecule has 1 nitrogen and oxygen atoms in total. The average molecular weight is 235 g/mol. The fourth-order valence-electron chi connectivity index (χ4n) is 1.99. The van der Waals surface area contributed by atoms with Gasteiger partial charge in [0.1, 0.15) is 0 Å². The Morgan fingerprint density at radius 3 is 2.44 bits per heavy atom. The van der Waals surface area contributed by atoms with Gasteiger partial charge in [0, 0.05) is 30.3 Å². The number of benzene rings is 1. The van der Waals surface area contributed by atoms with E-state index in [2.05, 4.69) is 61.7 Å². The molecule has 2 rings (SSSR count). The lowest BCUT2D eigenvalue weighted by molar-refractivity contribution is 0.590. The molecule has 1 aliphatic rings. The van der Waals surface area contributed by atoms with Gasteiger partial charge in [0.2, 0.25) is 0 Å². The highest BCUT2D eigenvalue weighted by Crippen LogP contribution is 2.27. The average Bonchev–Trinajstić information content (AvgIpc) is 2.29.